The predicted molar refractivity (Wildman–Crippen MR) is 58.7 cm³/mol. The van der Waals surface area contributed by atoms with Crippen LogP contribution in [0.5, 0.6) is 0 Å². The third-order valence-corrected chi connectivity index (χ3v) is 2.65. The molecule has 72 valence electrons. The van der Waals surface area contributed by atoms with Gasteiger partial charge in [-0.25, -0.2) is 4.98 Å². The standard InChI is InChI=1S/C9H8ClN3S/c10-8-4-11-2-1-9(8)12-3-7-5-14-6-13-7/h1-2,4-6H,3H2,(H,11,12). The van der Waals surface area contributed by atoms with Crippen LogP contribution in [0.2, 0.25) is 5.02 Å². The fourth-order valence-corrected chi connectivity index (χ4v) is 1.77. The van der Waals surface area contributed by atoms with Gasteiger partial charge in [0.15, 0.2) is 0 Å². The minimum atomic E-state index is 0.628. The monoisotopic (exact) mass is 225 g/mol. The van der Waals surface area contributed by atoms with Gasteiger partial charge in [0, 0.05) is 17.8 Å². The first kappa shape index (κ1) is 9.43. The molecule has 0 aliphatic carbocycles. The number of rotatable bonds is 3. The molecule has 0 aliphatic heterocycles. The van der Waals surface area contributed by atoms with Gasteiger partial charge in [-0.05, 0) is 6.07 Å². The second kappa shape index (κ2) is 4.39. The summed E-state index contributed by atoms with van der Waals surface area (Å²) in [4.78, 5) is 8.06. The molecule has 0 fully saturated rings. The van der Waals surface area contributed by atoms with E-state index in [9.17, 15) is 0 Å². The highest BCUT2D eigenvalue weighted by atomic mass is 35.5. The molecule has 1 N–H and O–H groups in total. The molecule has 2 heterocycles. The summed E-state index contributed by atoms with van der Waals surface area (Å²) in [6, 6.07) is 1.84. The number of hydrogen-bond acceptors (Lipinski definition) is 4. The minimum Gasteiger partial charge on any atom is -0.378 e. The molecule has 0 spiro atoms. The van der Waals surface area contributed by atoms with Gasteiger partial charge in [0.1, 0.15) is 0 Å². The zero-order valence-electron chi connectivity index (χ0n) is 7.27. The number of thiazole rings is 1. The maximum absolute atomic E-state index is 5.92. The molecule has 3 nitrogen and oxygen atoms in total. The normalized spacial score (nSPS) is 10.1. The maximum Gasteiger partial charge on any atom is 0.0820 e. The molecular formula is C9H8ClN3S. The summed E-state index contributed by atoms with van der Waals surface area (Å²) in [5, 5.41) is 5.82. The summed E-state index contributed by atoms with van der Waals surface area (Å²) in [6.45, 7) is 0.688. The van der Waals surface area contributed by atoms with E-state index in [1.807, 2.05) is 17.0 Å². The first-order valence-electron chi connectivity index (χ1n) is 4.07. The highest BCUT2D eigenvalue weighted by molar-refractivity contribution is 7.07. The fraction of sp³-hybridized carbons (Fsp3) is 0.111. The van der Waals surface area contributed by atoms with Crippen molar-refractivity contribution in [2.24, 2.45) is 0 Å². The summed E-state index contributed by atoms with van der Waals surface area (Å²) < 4.78 is 0. The van der Waals surface area contributed by atoms with Crippen LogP contribution < -0.4 is 5.32 Å². The lowest BCUT2D eigenvalue weighted by Crippen LogP contribution is -1.99. The van der Waals surface area contributed by atoms with Crippen LogP contribution in [0.3, 0.4) is 0 Å². The lowest BCUT2D eigenvalue weighted by molar-refractivity contribution is 1.07. The van der Waals surface area contributed by atoms with Crippen LogP contribution in [0, 0.1) is 0 Å². The average molecular weight is 226 g/mol. The van der Waals surface area contributed by atoms with Gasteiger partial charge in [0.25, 0.3) is 0 Å². The van der Waals surface area contributed by atoms with Crippen LogP contribution in [0.25, 0.3) is 0 Å². The van der Waals surface area contributed by atoms with Gasteiger partial charge < -0.3 is 5.32 Å². The van der Waals surface area contributed by atoms with E-state index in [0.717, 1.165) is 11.4 Å². The summed E-state index contributed by atoms with van der Waals surface area (Å²) in [7, 11) is 0. The molecule has 2 aromatic rings. The molecule has 0 aromatic carbocycles. The van der Waals surface area contributed by atoms with Gasteiger partial charge >= 0.3 is 0 Å². The van der Waals surface area contributed by atoms with Crippen molar-refractivity contribution < 1.29 is 0 Å². The van der Waals surface area contributed by atoms with Gasteiger partial charge in [0.2, 0.25) is 0 Å². The molecule has 2 aromatic heterocycles. The second-order valence-electron chi connectivity index (χ2n) is 2.69. The first-order chi connectivity index (χ1) is 6.86. The third-order valence-electron chi connectivity index (χ3n) is 1.72. The van der Waals surface area contributed by atoms with Gasteiger partial charge in [0.05, 0.1) is 28.5 Å². The molecule has 0 unspecified atom stereocenters. The molecule has 0 amide bonds. The Labute approximate surface area is 90.8 Å². The summed E-state index contributed by atoms with van der Waals surface area (Å²) >= 11 is 7.50. The summed E-state index contributed by atoms with van der Waals surface area (Å²) in [5.74, 6) is 0. The van der Waals surface area contributed by atoms with Crippen molar-refractivity contribution in [2.75, 3.05) is 5.32 Å². The summed E-state index contributed by atoms with van der Waals surface area (Å²) in [5.41, 5.74) is 3.71. The van der Waals surface area contributed by atoms with Crippen molar-refractivity contribution in [1.82, 2.24) is 9.97 Å². The van der Waals surface area contributed by atoms with Gasteiger partial charge in [-0.1, -0.05) is 11.6 Å². The summed E-state index contributed by atoms with van der Waals surface area (Å²) in [6.07, 6.45) is 3.32. The van der Waals surface area contributed by atoms with E-state index in [1.54, 1.807) is 23.7 Å². The zero-order valence-corrected chi connectivity index (χ0v) is 8.85. The largest absolute Gasteiger partial charge is 0.378 e. The Kier molecular flexibility index (Phi) is 2.96. The SMILES string of the molecule is Clc1cnccc1NCc1cscn1. The van der Waals surface area contributed by atoms with Crippen molar-refractivity contribution in [1.29, 1.82) is 0 Å². The van der Waals surface area contributed by atoms with Crippen molar-refractivity contribution in [3.8, 4) is 0 Å². The average Bonchev–Trinajstić information content (AvgIpc) is 2.69. The molecule has 0 saturated carbocycles. The van der Waals surface area contributed by atoms with Crippen molar-refractivity contribution in [2.45, 2.75) is 6.54 Å². The Morgan fingerprint density at radius 2 is 2.43 bits per heavy atom. The number of nitrogens with one attached hydrogen (secondary N) is 1. The molecule has 2 rings (SSSR count). The van der Waals surface area contributed by atoms with E-state index in [1.165, 1.54) is 0 Å². The van der Waals surface area contributed by atoms with E-state index >= 15 is 0 Å². The van der Waals surface area contributed by atoms with Crippen molar-refractivity contribution in [3.05, 3.63) is 40.1 Å². The molecule has 0 bridgehead atoms. The van der Waals surface area contributed by atoms with Crippen molar-refractivity contribution in [3.63, 3.8) is 0 Å². The lowest BCUT2D eigenvalue weighted by atomic mass is 10.4. The Bertz CT molecular complexity index is 402. The van der Waals surface area contributed by atoms with E-state index in [-0.39, 0.29) is 0 Å². The number of nitrogens with zero attached hydrogens (tertiary/aromatic N) is 2. The number of aromatic nitrogens is 2. The van der Waals surface area contributed by atoms with Crippen LogP contribution in [-0.2, 0) is 6.54 Å². The predicted octanol–water partition coefficient (Wildman–Crippen LogP) is 2.80. The highest BCUT2D eigenvalue weighted by Crippen LogP contribution is 2.19. The Balaban J connectivity index is 2.02. The van der Waals surface area contributed by atoms with Crippen LogP contribution in [0.1, 0.15) is 5.69 Å². The number of hydrogen-bond donors (Lipinski definition) is 1. The van der Waals surface area contributed by atoms with Crippen LogP contribution >= 0.6 is 22.9 Å². The molecule has 0 radical (unpaired) electrons. The molecule has 5 heteroatoms. The molecule has 0 aliphatic rings. The zero-order chi connectivity index (χ0) is 9.80. The van der Waals surface area contributed by atoms with E-state index < -0.39 is 0 Å². The topological polar surface area (TPSA) is 37.8 Å². The van der Waals surface area contributed by atoms with E-state index in [2.05, 4.69) is 15.3 Å². The van der Waals surface area contributed by atoms with E-state index in [4.69, 9.17) is 11.6 Å². The Hall–Kier alpha value is -1.13. The van der Waals surface area contributed by atoms with Gasteiger partial charge in [-0.3, -0.25) is 4.98 Å². The maximum atomic E-state index is 5.92. The van der Waals surface area contributed by atoms with Gasteiger partial charge in [-0.15, -0.1) is 11.3 Å². The van der Waals surface area contributed by atoms with Gasteiger partial charge in [-0.2, -0.15) is 0 Å². The molecule has 14 heavy (non-hydrogen) atoms. The Morgan fingerprint density at radius 1 is 1.50 bits per heavy atom. The fourth-order valence-electron chi connectivity index (χ4n) is 1.03. The molecular weight excluding hydrogens is 218 g/mol. The number of anilines is 1. The van der Waals surface area contributed by atoms with Crippen LogP contribution in [0.15, 0.2) is 29.4 Å². The number of pyridine rings is 1. The second-order valence-corrected chi connectivity index (χ2v) is 3.81. The minimum absolute atomic E-state index is 0.628. The molecule has 0 saturated heterocycles. The first-order valence-corrected chi connectivity index (χ1v) is 5.39. The quantitative estimate of drug-likeness (QED) is 0.873. The third kappa shape index (κ3) is 2.21. The number of halogens is 1. The Morgan fingerprint density at radius 3 is 3.14 bits per heavy atom. The van der Waals surface area contributed by atoms with Crippen molar-refractivity contribution >= 4 is 28.6 Å². The highest BCUT2D eigenvalue weighted by Gasteiger charge is 1.99. The van der Waals surface area contributed by atoms with Crippen LogP contribution in [-0.4, -0.2) is 9.97 Å². The van der Waals surface area contributed by atoms with Crippen LogP contribution in [0.4, 0.5) is 5.69 Å². The van der Waals surface area contributed by atoms with E-state index in [0.29, 0.717) is 11.6 Å². The lowest BCUT2D eigenvalue weighted by Gasteiger charge is -2.05. The molecule has 0 atom stereocenters. The smallest absolute Gasteiger partial charge is 0.0820 e.